The Hall–Kier alpha value is -1.93. The maximum absolute atomic E-state index is 12.1. The number of amides is 2. The van der Waals surface area contributed by atoms with Crippen molar-refractivity contribution < 1.29 is 13.2 Å². The number of nitrogens with zero attached hydrogens (tertiary/aromatic N) is 1. The maximum Gasteiger partial charge on any atom is 0.329 e. The van der Waals surface area contributed by atoms with Crippen molar-refractivity contribution in [3.63, 3.8) is 0 Å². The lowest BCUT2D eigenvalue weighted by Crippen LogP contribution is -2.48. The summed E-state index contributed by atoms with van der Waals surface area (Å²) in [5.41, 5.74) is 0.175. The number of carbonyl (C=O) groups excluding carboxylic acids is 1. The molecular formula is C14H17N3O3S2. The number of nitrogens with one attached hydrogen (secondary N) is 2. The van der Waals surface area contributed by atoms with Crippen LogP contribution >= 0.6 is 11.3 Å². The monoisotopic (exact) mass is 339 g/mol. The predicted molar refractivity (Wildman–Crippen MR) is 85.2 cm³/mol. The highest BCUT2D eigenvalue weighted by Gasteiger charge is 2.27. The molecule has 0 fully saturated rings. The third-order valence-electron chi connectivity index (χ3n) is 2.95. The van der Waals surface area contributed by atoms with Gasteiger partial charge in [0, 0.05) is 11.6 Å². The topological polar surface area (TPSA) is 88.2 Å². The number of rotatable bonds is 4. The number of aromatic nitrogens is 1. The molecule has 2 N–H and O–H groups in total. The quantitative estimate of drug-likeness (QED) is 0.895. The van der Waals surface area contributed by atoms with E-state index in [9.17, 15) is 13.2 Å². The first kappa shape index (κ1) is 16.4. The second-order valence-electron chi connectivity index (χ2n) is 5.33. The van der Waals surface area contributed by atoms with Gasteiger partial charge >= 0.3 is 6.03 Å². The van der Waals surface area contributed by atoms with E-state index >= 15 is 0 Å². The predicted octanol–water partition coefficient (Wildman–Crippen LogP) is 2.37. The van der Waals surface area contributed by atoms with Gasteiger partial charge in [-0.2, -0.15) is 0 Å². The third kappa shape index (κ3) is 3.83. The molecule has 0 saturated heterocycles. The Morgan fingerprint density at radius 1 is 1.23 bits per heavy atom. The molecule has 0 aliphatic heterocycles. The minimum absolute atomic E-state index is 0.0419. The van der Waals surface area contributed by atoms with Crippen LogP contribution in [-0.2, 0) is 15.6 Å². The molecule has 0 saturated carbocycles. The fraction of sp³-hybridized carbons (Fsp3) is 0.286. The maximum atomic E-state index is 12.1. The van der Waals surface area contributed by atoms with Crippen LogP contribution in [0.25, 0.3) is 0 Å². The highest BCUT2D eigenvalue weighted by molar-refractivity contribution is 7.90. The molecule has 0 atom stereocenters. The van der Waals surface area contributed by atoms with Crippen molar-refractivity contribution in [3.8, 4) is 0 Å². The molecule has 0 aliphatic carbocycles. The fourth-order valence-electron chi connectivity index (χ4n) is 1.79. The van der Waals surface area contributed by atoms with Crippen LogP contribution in [0.4, 0.5) is 4.79 Å². The van der Waals surface area contributed by atoms with Crippen molar-refractivity contribution >= 4 is 27.4 Å². The number of thiazole rings is 1. The molecule has 0 unspecified atom stereocenters. The first-order valence-electron chi connectivity index (χ1n) is 6.52. The van der Waals surface area contributed by atoms with E-state index in [4.69, 9.17) is 0 Å². The number of aryl methyl sites for hydroxylation is 1. The minimum Gasteiger partial charge on any atom is -0.326 e. The second kappa shape index (κ2) is 6.05. The zero-order valence-electron chi connectivity index (χ0n) is 12.5. The number of carbonyl (C=O) groups is 1. The first-order valence-corrected chi connectivity index (χ1v) is 8.88. The third-order valence-corrected chi connectivity index (χ3v) is 5.40. The van der Waals surface area contributed by atoms with Crippen LogP contribution in [0.2, 0.25) is 0 Å². The van der Waals surface area contributed by atoms with E-state index in [1.807, 2.05) is 11.6 Å². The summed E-state index contributed by atoms with van der Waals surface area (Å²) >= 11 is 1.38. The molecule has 22 heavy (non-hydrogen) atoms. The van der Waals surface area contributed by atoms with Crippen LogP contribution in [0, 0.1) is 6.92 Å². The van der Waals surface area contributed by atoms with Crippen molar-refractivity contribution in [2.45, 2.75) is 31.2 Å². The molecule has 1 aromatic heterocycles. The Morgan fingerprint density at radius 3 is 2.41 bits per heavy atom. The highest BCUT2D eigenvalue weighted by Crippen LogP contribution is 2.21. The molecule has 1 heterocycles. The Balaban J connectivity index is 2.10. The smallest absolute Gasteiger partial charge is 0.326 e. The normalized spacial score (nSPS) is 12.0. The van der Waals surface area contributed by atoms with Crippen LogP contribution in [0.3, 0.4) is 0 Å². The average Bonchev–Trinajstić information content (AvgIpc) is 2.92. The van der Waals surface area contributed by atoms with Crippen LogP contribution in [0.15, 0.2) is 40.7 Å². The number of sulfonamides is 1. The van der Waals surface area contributed by atoms with E-state index in [0.29, 0.717) is 5.01 Å². The Kier molecular flexibility index (Phi) is 4.52. The van der Waals surface area contributed by atoms with Gasteiger partial charge in [0.25, 0.3) is 10.0 Å². The summed E-state index contributed by atoms with van der Waals surface area (Å²) in [5, 5.41) is 5.10. The standard InChI is InChI=1S/C14H17N3O3S2/c1-10-4-6-11(7-5-10)22(19,20)17-13(18)16-14(2,3)12-15-8-9-21-12/h4-9H,1-3H3,(H2,16,17,18). The van der Waals surface area contributed by atoms with E-state index in [-0.39, 0.29) is 4.90 Å². The average molecular weight is 339 g/mol. The number of hydrogen-bond acceptors (Lipinski definition) is 5. The summed E-state index contributed by atoms with van der Waals surface area (Å²) in [4.78, 5) is 16.2. The van der Waals surface area contributed by atoms with E-state index in [1.54, 1.807) is 37.6 Å². The second-order valence-corrected chi connectivity index (χ2v) is 7.91. The highest BCUT2D eigenvalue weighted by atomic mass is 32.2. The van der Waals surface area contributed by atoms with E-state index < -0.39 is 21.6 Å². The molecule has 1 aromatic carbocycles. The van der Waals surface area contributed by atoms with Crippen LogP contribution in [-0.4, -0.2) is 19.4 Å². The first-order chi connectivity index (χ1) is 10.2. The van der Waals surface area contributed by atoms with E-state index in [1.165, 1.54) is 23.5 Å². The van der Waals surface area contributed by atoms with Crippen molar-refractivity contribution in [1.29, 1.82) is 0 Å². The summed E-state index contributed by atoms with van der Waals surface area (Å²) in [6.07, 6.45) is 1.63. The van der Waals surface area contributed by atoms with Crippen LogP contribution in [0.5, 0.6) is 0 Å². The number of hydrogen-bond donors (Lipinski definition) is 2. The molecule has 0 bridgehead atoms. The lowest BCUT2D eigenvalue weighted by Gasteiger charge is -2.23. The number of urea groups is 1. The lowest BCUT2D eigenvalue weighted by atomic mass is 10.1. The molecule has 0 radical (unpaired) electrons. The van der Waals surface area contributed by atoms with Gasteiger partial charge in [-0.15, -0.1) is 11.3 Å². The minimum atomic E-state index is -3.90. The lowest BCUT2D eigenvalue weighted by molar-refractivity contribution is 0.235. The Labute approximate surface area is 133 Å². The Morgan fingerprint density at radius 2 is 1.86 bits per heavy atom. The zero-order chi connectivity index (χ0) is 16.4. The van der Waals surface area contributed by atoms with Gasteiger partial charge < -0.3 is 5.32 Å². The van der Waals surface area contributed by atoms with Crippen molar-refractivity contribution in [2.75, 3.05) is 0 Å². The molecule has 118 valence electrons. The molecule has 8 heteroatoms. The molecule has 2 rings (SSSR count). The van der Waals surface area contributed by atoms with Crippen molar-refractivity contribution in [2.24, 2.45) is 0 Å². The van der Waals surface area contributed by atoms with Crippen molar-refractivity contribution in [1.82, 2.24) is 15.0 Å². The fourth-order valence-corrected chi connectivity index (χ4v) is 3.42. The Bertz CT molecular complexity index is 751. The summed E-state index contributed by atoms with van der Waals surface area (Å²) in [7, 11) is -3.90. The molecule has 2 amide bonds. The summed E-state index contributed by atoms with van der Waals surface area (Å²) in [5.74, 6) is 0. The number of benzene rings is 1. The summed E-state index contributed by atoms with van der Waals surface area (Å²) in [6.45, 7) is 5.36. The molecule has 6 nitrogen and oxygen atoms in total. The molecule has 0 aliphatic rings. The van der Waals surface area contributed by atoms with Gasteiger partial charge in [0.1, 0.15) is 5.01 Å². The van der Waals surface area contributed by atoms with E-state index in [0.717, 1.165) is 5.56 Å². The van der Waals surface area contributed by atoms with Gasteiger partial charge in [0.05, 0.1) is 10.4 Å². The molecular weight excluding hydrogens is 322 g/mol. The molecule has 2 aromatic rings. The van der Waals surface area contributed by atoms with Crippen LogP contribution in [0.1, 0.15) is 24.4 Å². The van der Waals surface area contributed by atoms with E-state index in [2.05, 4.69) is 10.3 Å². The molecule has 0 spiro atoms. The zero-order valence-corrected chi connectivity index (χ0v) is 14.1. The van der Waals surface area contributed by atoms with Gasteiger partial charge in [0.2, 0.25) is 0 Å². The van der Waals surface area contributed by atoms with Gasteiger partial charge in [-0.05, 0) is 32.9 Å². The summed E-state index contributed by atoms with van der Waals surface area (Å²) < 4.78 is 26.3. The van der Waals surface area contributed by atoms with Gasteiger partial charge in [-0.3, -0.25) is 0 Å². The van der Waals surface area contributed by atoms with Crippen LogP contribution < -0.4 is 10.0 Å². The van der Waals surface area contributed by atoms with Gasteiger partial charge in [-0.25, -0.2) is 22.9 Å². The van der Waals surface area contributed by atoms with Crippen molar-refractivity contribution in [3.05, 3.63) is 46.4 Å². The van der Waals surface area contributed by atoms with Gasteiger partial charge in [-0.1, -0.05) is 17.7 Å². The summed E-state index contributed by atoms with van der Waals surface area (Å²) in [6, 6.07) is 5.46. The largest absolute Gasteiger partial charge is 0.329 e. The SMILES string of the molecule is Cc1ccc(S(=O)(=O)NC(=O)NC(C)(C)c2nccs2)cc1. The van der Waals surface area contributed by atoms with Gasteiger partial charge in [0.15, 0.2) is 0 Å².